The Bertz CT molecular complexity index is 595. The Labute approximate surface area is 184 Å². The summed E-state index contributed by atoms with van der Waals surface area (Å²) < 4.78 is 27.6. The van der Waals surface area contributed by atoms with Crippen LogP contribution in [-0.4, -0.2) is 125 Å². The van der Waals surface area contributed by atoms with Crippen LogP contribution in [0.2, 0.25) is 0 Å². The van der Waals surface area contributed by atoms with Gasteiger partial charge in [0.15, 0.2) is 12.6 Å². The molecule has 1 amide bonds. The SMILES string of the molecule is O=C(NCCO)OCC1O[C@H]2O[C@@H]3C(CO)O[C@@H](OCCCC[C@H]1[C@H](O)C2O)C(O)[C@H]3O. The number of carbonyl (C=O) groups is 1. The third-order valence-corrected chi connectivity index (χ3v) is 5.94. The molecule has 13 nitrogen and oxygen atoms in total. The maximum atomic E-state index is 11.8. The molecule has 0 aromatic rings. The summed E-state index contributed by atoms with van der Waals surface area (Å²) in [5.74, 6) is -0.587. The predicted molar refractivity (Wildman–Crippen MR) is 103 cm³/mol. The number of nitrogens with one attached hydrogen (secondary N) is 1. The van der Waals surface area contributed by atoms with Crippen LogP contribution >= 0.6 is 0 Å². The van der Waals surface area contributed by atoms with Crippen molar-refractivity contribution in [1.29, 1.82) is 0 Å². The van der Waals surface area contributed by atoms with Crippen molar-refractivity contribution in [1.82, 2.24) is 5.32 Å². The quantitative estimate of drug-likeness (QED) is 0.214. The first-order valence-corrected chi connectivity index (χ1v) is 10.8. The summed E-state index contributed by atoms with van der Waals surface area (Å²) in [5, 5.41) is 63.0. The van der Waals surface area contributed by atoms with Gasteiger partial charge in [0.25, 0.3) is 0 Å². The van der Waals surface area contributed by atoms with Crippen molar-refractivity contribution in [3.8, 4) is 0 Å². The van der Waals surface area contributed by atoms with E-state index in [2.05, 4.69) is 5.32 Å². The predicted octanol–water partition coefficient (Wildman–Crippen LogP) is -3.21. The van der Waals surface area contributed by atoms with Crippen LogP contribution in [0, 0.1) is 5.92 Å². The third kappa shape index (κ3) is 5.86. The van der Waals surface area contributed by atoms with E-state index in [0.717, 1.165) is 0 Å². The van der Waals surface area contributed by atoms with Crippen LogP contribution in [-0.2, 0) is 23.7 Å². The Morgan fingerprint density at radius 3 is 2.34 bits per heavy atom. The van der Waals surface area contributed by atoms with Gasteiger partial charge in [-0.2, -0.15) is 0 Å². The summed E-state index contributed by atoms with van der Waals surface area (Å²) in [4.78, 5) is 11.8. The van der Waals surface area contributed by atoms with Crippen LogP contribution in [0.15, 0.2) is 0 Å². The lowest BCUT2D eigenvalue weighted by molar-refractivity contribution is -0.357. The smallest absolute Gasteiger partial charge is 0.407 e. The van der Waals surface area contributed by atoms with Crippen molar-refractivity contribution >= 4 is 6.09 Å². The zero-order chi connectivity index (χ0) is 23.3. The minimum atomic E-state index is -1.53. The van der Waals surface area contributed by atoms with E-state index >= 15 is 0 Å². The lowest BCUT2D eigenvalue weighted by atomic mass is 9.85. The average Bonchev–Trinajstić information content (AvgIpc) is 2.79. The van der Waals surface area contributed by atoms with Crippen molar-refractivity contribution < 1.29 is 59.1 Å². The number of aliphatic hydroxyl groups excluding tert-OH is 6. The highest BCUT2D eigenvalue weighted by Crippen LogP contribution is 2.34. The molecule has 6 saturated heterocycles. The molecule has 4 unspecified atom stereocenters. The van der Waals surface area contributed by atoms with Crippen LogP contribution in [0.4, 0.5) is 4.79 Å². The van der Waals surface area contributed by atoms with Crippen molar-refractivity contribution in [3.05, 3.63) is 0 Å². The Kier molecular flexibility index (Phi) is 9.43. The van der Waals surface area contributed by atoms with Crippen molar-refractivity contribution in [2.75, 3.05) is 33.0 Å². The van der Waals surface area contributed by atoms with Gasteiger partial charge in [-0.1, -0.05) is 6.42 Å². The van der Waals surface area contributed by atoms with Gasteiger partial charge in [0.05, 0.1) is 19.3 Å². The van der Waals surface area contributed by atoms with Crippen molar-refractivity contribution in [2.45, 2.75) is 74.6 Å². The molecular weight excluding hydrogens is 434 g/mol. The first kappa shape index (κ1) is 25.5. The van der Waals surface area contributed by atoms with Gasteiger partial charge in [-0.3, -0.25) is 0 Å². The molecule has 6 heterocycles. The van der Waals surface area contributed by atoms with Crippen molar-refractivity contribution in [2.24, 2.45) is 5.92 Å². The number of alkyl carbamates (subject to hydrolysis) is 1. The van der Waals surface area contributed by atoms with E-state index in [4.69, 9.17) is 28.8 Å². The maximum Gasteiger partial charge on any atom is 0.407 e. The molecule has 13 heteroatoms. The molecule has 0 aromatic carbocycles. The lowest BCUT2D eigenvalue weighted by Crippen LogP contribution is -2.64. The lowest BCUT2D eigenvalue weighted by Gasteiger charge is -2.47. The van der Waals surface area contributed by atoms with Gasteiger partial charge in [0.1, 0.15) is 43.2 Å². The van der Waals surface area contributed by atoms with Crippen molar-refractivity contribution in [3.63, 3.8) is 0 Å². The molecule has 0 saturated carbocycles. The minimum absolute atomic E-state index is 0.00625. The fraction of sp³-hybridized carbons (Fsp3) is 0.947. The third-order valence-electron chi connectivity index (χ3n) is 5.94. The molecule has 32 heavy (non-hydrogen) atoms. The highest BCUT2D eigenvalue weighted by molar-refractivity contribution is 5.67. The Morgan fingerprint density at radius 1 is 0.906 bits per heavy atom. The maximum absolute atomic E-state index is 11.8. The largest absolute Gasteiger partial charge is 0.447 e. The first-order chi connectivity index (χ1) is 15.4. The summed E-state index contributed by atoms with van der Waals surface area (Å²) in [6, 6.07) is 0. The van der Waals surface area contributed by atoms with Crippen LogP contribution < -0.4 is 5.32 Å². The number of rotatable bonds is 5. The van der Waals surface area contributed by atoms with E-state index in [1.165, 1.54) is 0 Å². The molecule has 7 N–H and O–H groups in total. The summed E-state index contributed by atoms with van der Waals surface area (Å²) >= 11 is 0. The molecule has 0 spiro atoms. The number of hydrogen-bond donors (Lipinski definition) is 7. The molecule has 0 aromatic heterocycles. The second-order valence-corrected chi connectivity index (χ2v) is 8.11. The zero-order valence-electron chi connectivity index (χ0n) is 17.6. The second kappa shape index (κ2) is 11.8. The van der Waals surface area contributed by atoms with E-state index < -0.39 is 73.9 Å². The molecule has 10 atom stereocenters. The monoisotopic (exact) mass is 467 g/mol. The van der Waals surface area contributed by atoms with E-state index in [0.29, 0.717) is 19.3 Å². The van der Waals surface area contributed by atoms with Gasteiger partial charge in [-0.15, -0.1) is 0 Å². The summed E-state index contributed by atoms with van der Waals surface area (Å²) in [6.07, 6.45) is -11.0. The van der Waals surface area contributed by atoms with Gasteiger partial charge in [0.2, 0.25) is 0 Å². The summed E-state index contributed by atoms with van der Waals surface area (Å²) in [7, 11) is 0. The molecule has 6 fully saturated rings. The molecule has 6 aliphatic rings. The molecule has 6 aliphatic heterocycles. The van der Waals surface area contributed by atoms with Crippen LogP contribution in [0.1, 0.15) is 19.3 Å². The standard InChI is InChI=1S/C19H33NO12/c21-5-4-20-19(27)29-8-11-9-3-1-2-6-28-17-15(26)13(24)16(10(7-22)30-17)32-18(31-11)14(25)12(9)23/h9-18,21-26H,1-8H2,(H,20,27)/t9-,10?,11?,12+,13-,14?,15?,16-,17-,18+/m1/s1. The van der Waals surface area contributed by atoms with Crippen LogP contribution in [0.3, 0.4) is 0 Å². The van der Waals surface area contributed by atoms with Crippen LogP contribution in [0.25, 0.3) is 0 Å². The summed E-state index contributed by atoms with van der Waals surface area (Å²) in [5.41, 5.74) is 0. The topological polar surface area (TPSA) is 197 Å². The van der Waals surface area contributed by atoms with Gasteiger partial charge in [0, 0.05) is 19.1 Å². The Balaban J connectivity index is 1.79. The zero-order valence-corrected chi connectivity index (χ0v) is 17.6. The molecule has 6 rings (SSSR count). The average molecular weight is 467 g/mol. The number of ether oxygens (including phenoxy) is 5. The fourth-order valence-corrected chi connectivity index (χ4v) is 4.18. The highest BCUT2D eigenvalue weighted by Gasteiger charge is 2.51. The normalized spacial score (nSPS) is 42.9. The van der Waals surface area contributed by atoms with Gasteiger partial charge >= 0.3 is 6.09 Å². The van der Waals surface area contributed by atoms with E-state index in [9.17, 15) is 30.3 Å². The number of carbonyl (C=O) groups excluding carboxylic acids is 1. The first-order valence-electron chi connectivity index (χ1n) is 10.8. The molecule has 0 radical (unpaired) electrons. The molecule has 0 aliphatic carbocycles. The fourth-order valence-electron chi connectivity index (χ4n) is 4.18. The molecular formula is C19H33NO12. The minimum Gasteiger partial charge on any atom is -0.447 e. The Morgan fingerprint density at radius 2 is 1.62 bits per heavy atom. The van der Waals surface area contributed by atoms with E-state index in [-0.39, 0.29) is 26.4 Å². The van der Waals surface area contributed by atoms with Crippen LogP contribution in [0.5, 0.6) is 0 Å². The number of amides is 1. The van der Waals surface area contributed by atoms with Gasteiger partial charge in [-0.05, 0) is 12.8 Å². The number of hydrogen-bond acceptors (Lipinski definition) is 12. The molecule has 186 valence electrons. The van der Waals surface area contributed by atoms with Gasteiger partial charge < -0.3 is 59.6 Å². The Hall–Kier alpha value is -1.13. The molecule has 4 bridgehead atoms. The highest BCUT2D eigenvalue weighted by atomic mass is 16.7. The number of aliphatic hydroxyl groups is 6. The summed E-state index contributed by atoms with van der Waals surface area (Å²) in [6.45, 7) is -0.908. The van der Waals surface area contributed by atoms with E-state index in [1.807, 2.05) is 0 Å². The van der Waals surface area contributed by atoms with E-state index in [1.54, 1.807) is 0 Å². The second-order valence-electron chi connectivity index (χ2n) is 8.11. The van der Waals surface area contributed by atoms with Gasteiger partial charge in [-0.25, -0.2) is 4.79 Å².